The van der Waals surface area contributed by atoms with E-state index in [2.05, 4.69) is 100 Å². The van der Waals surface area contributed by atoms with Crippen molar-refractivity contribution in [1.82, 2.24) is 0 Å². The van der Waals surface area contributed by atoms with Gasteiger partial charge >= 0.3 is 0 Å². The first-order valence-corrected chi connectivity index (χ1v) is 22.2. The molecule has 0 radical (unpaired) electrons. The number of rotatable bonds is 11. The second-order valence-electron chi connectivity index (χ2n) is 15.4. The van der Waals surface area contributed by atoms with Crippen LogP contribution in [0, 0.1) is 23.7 Å². The van der Waals surface area contributed by atoms with Gasteiger partial charge in [0.05, 0.1) is 18.5 Å². The van der Waals surface area contributed by atoms with Gasteiger partial charge in [-0.2, -0.15) is 8.42 Å². The molecule has 38 heavy (non-hydrogen) atoms. The molecule has 2 rings (SSSR count). The van der Waals surface area contributed by atoms with E-state index in [1.165, 1.54) is 0 Å². The molecule has 1 unspecified atom stereocenters. The van der Waals surface area contributed by atoms with Crippen LogP contribution >= 0.6 is 0 Å². The fraction of sp³-hybridized carbons (Fsp3) is 0.867. The molecule has 2 fully saturated rings. The van der Waals surface area contributed by atoms with Crippen molar-refractivity contribution in [2.75, 3.05) is 6.26 Å². The molecule has 0 heterocycles. The van der Waals surface area contributed by atoms with Gasteiger partial charge in [0.2, 0.25) is 0 Å². The molecule has 222 valence electrons. The molecule has 0 amide bonds. The van der Waals surface area contributed by atoms with E-state index in [1.54, 1.807) is 0 Å². The van der Waals surface area contributed by atoms with Gasteiger partial charge in [-0.1, -0.05) is 74.1 Å². The summed E-state index contributed by atoms with van der Waals surface area (Å²) in [6.07, 6.45) is 9.15. The zero-order chi connectivity index (χ0) is 29.5. The minimum atomic E-state index is -3.57. The van der Waals surface area contributed by atoms with E-state index >= 15 is 0 Å². The minimum Gasteiger partial charge on any atom is -0.413 e. The lowest BCUT2D eigenvalue weighted by Crippen LogP contribution is -2.45. The van der Waals surface area contributed by atoms with Gasteiger partial charge in [0, 0.05) is 5.92 Å². The van der Waals surface area contributed by atoms with Gasteiger partial charge in [0.15, 0.2) is 16.6 Å². The van der Waals surface area contributed by atoms with Crippen LogP contribution in [0.5, 0.6) is 0 Å². The Bertz CT molecular complexity index is 956. The molecule has 2 saturated carbocycles. The molecule has 6 atom stereocenters. The Morgan fingerprint density at radius 1 is 0.974 bits per heavy atom. The normalized spacial score (nSPS) is 28.5. The lowest BCUT2D eigenvalue weighted by atomic mass is 9.90. The molecule has 0 aromatic rings. The van der Waals surface area contributed by atoms with Crippen molar-refractivity contribution in [3.8, 4) is 0 Å². The molecule has 2 aliphatic rings. The van der Waals surface area contributed by atoms with Crippen LogP contribution in [0.3, 0.4) is 0 Å². The summed E-state index contributed by atoms with van der Waals surface area (Å²) >= 11 is 0. The molecule has 2 aliphatic carbocycles. The van der Waals surface area contributed by atoms with Gasteiger partial charge in [-0.05, 0) is 85.3 Å². The van der Waals surface area contributed by atoms with Gasteiger partial charge in [0.25, 0.3) is 10.1 Å². The highest BCUT2D eigenvalue weighted by Gasteiger charge is 2.54. The average molecular weight is 587 g/mol. The zero-order valence-electron chi connectivity index (χ0n) is 26.7. The molecule has 0 N–H and O–H groups in total. The van der Waals surface area contributed by atoms with Gasteiger partial charge < -0.3 is 8.85 Å². The summed E-state index contributed by atoms with van der Waals surface area (Å²) in [6, 6.07) is 0. The number of fused-ring (bicyclic) bond motifs is 1. The zero-order valence-corrected chi connectivity index (χ0v) is 29.5. The highest BCUT2D eigenvalue weighted by atomic mass is 32.2. The minimum absolute atomic E-state index is 0.0412. The first-order chi connectivity index (χ1) is 17.0. The Morgan fingerprint density at radius 2 is 1.53 bits per heavy atom. The standard InChI is InChI=1S/C30H58O5SSi2/c1-21(2)15-16-23(34-37(11,12)29(4,5)6)17-18-24-25-19-22(3)28(33-36(10,31)32)26(25)20-27(24)35-38(13,14)30(7,8)9/h17-18,21,23-28H,3,15-16,19-20H2,1-2,4-14H3/b18-17+/t23-,24-,25+,26-,27+,28?/m0/s1. The van der Waals surface area contributed by atoms with Crippen LogP contribution in [0.1, 0.15) is 81.1 Å². The van der Waals surface area contributed by atoms with Crippen molar-refractivity contribution >= 4 is 26.8 Å². The Hall–Kier alpha value is -0.256. The van der Waals surface area contributed by atoms with E-state index in [-0.39, 0.29) is 40.0 Å². The van der Waals surface area contributed by atoms with E-state index in [9.17, 15) is 8.42 Å². The van der Waals surface area contributed by atoms with Crippen LogP contribution < -0.4 is 0 Å². The monoisotopic (exact) mass is 586 g/mol. The average Bonchev–Trinajstić information content (AvgIpc) is 3.15. The van der Waals surface area contributed by atoms with Crippen LogP contribution in [-0.4, -0.2) is 49.6 Å². The summed E-state index contributed by atoms with van der Waals surface area (Å²) in [5.74, 6) is 1.16. The second-order valence-corrected chi connectivity index (χ2v) is 26.5. The van der Waals surface area contributed by atoms with Crippen LogP contribution in [0.2, 0.25) is 36.3 Å². The first kappa shape index (κ1) is 33.9. The van der Waals surface area contributed by atoms with Crippen molar-refractivity contribution in [3.05, 3.63) is 24.3 Å². The van der Waals surface area contributed by atoms with Crippen molar-refractivity contribution in [2.24, 2.45) is 23.7 Å². The van der Waals surface area contributed by atoms with Crippen LogP contribution in [0.4, 0.5) is 0 Å². The van der Waals surface area contributed by atoms with E-state index < -0.39 is 32.9 Å². The van der Waals surface area contributed by atoms with Crippen LogP contribution in [0.25, 0.3) is 0 Å². The highest BCUT2D eigenvalue weighted by molar-refractivity contribution is 7.86. The van der Waals surface area contributed by atoms with E-state index in [4.69, 9.17) is 13.0 Å². The van der Waals surface area contributed by atoms with Gasteiger partial charge in [-0.15, -0.1) is 0 Å². The van der Waals surface area contributed by atoms with Crippen LogP contribution in [0.15, 0.2) is 24.3 Å². The van der Waals surface area contributed by atoms with Crippen molar-refractivity contribution in [3.63, 3.8) is 0 Å². The summed E-state index contributed by atoms with van der Waals surface area (Å²) in [5.41, 5.74) is 0.892. The SMILES string of the molecule is C=C1C[C@@H]2[C@H](/C=C/[C@H](CCC(C)C)O[Si](C)(C)C(C)(C)C)[C@H](O[Si](C)(C)C(C)(C)C)C[C@@H]2C1OS(C)(=O)=O. The molecule has 0 saturated heterocycles. The lowest BCUT2D eigenvalue weighted by Gasteiger charge is -2.40. The van der Waals surface area contributed by atoms with Gasteiger partial charge in [-0.3, -0.25) is 4.18 Å². The van der Waals surface area contributed by atoms with Crippen molar-refractivity contribution in [2.45, 2.75) is 136 Å². The van der Waals surface area contributed by atoms with Crippen molar-refractivity contribution in [1.29, 1.82) is 0 Å². The summed E-state index contributed by atoms with van der Waals surface area (Å²) in [7, 11) is -7.56. The number of hydrogen-bond acceptors (Lipinski definition) is 5. The summed E-state index contributed by atoms with van der Waals surface area (Å²) in [6.45, 7) is 31.7. The molecule has 8 heteroatoms. The Morgan fingerprint density at radius 3 is 2.00 bits per heavy atom. The summed E-state index contributed by atoms with van der Waals surface area (Å²) in [4.78, 5) is 0. The summed E-state index contributed by atoms with van der Waals surface area (Å²) < 4.78 is 43.7. The molecule has 0 aromatic heterocycles. The fourth-order valence-electron chi connectivity index (χ4n) is 5.29. The molecule has 5 nitrogen and oxygen atoms in total. The third-order valence-corrected chi connectivity index (χ3v) is 19.2. The molecular formula is C30H58O5SSi2. The van der Waals surface area contributed by atoms with Crippen LogP contribution in [-0.2, 0) is 23.2 Å². The maximum atomic E-state index is 12.1. The Balaban J connectivity index is 2.42. The predicted molar refractivity (Wildman–Crippen MR) is 166 cm³/mol. The first-order valence-electron chi connectivity index (χ1n) is 14.5. The second kappa shape index (κ2) is 11.9. The molecule has 0 spiro atoms. The number of hydrogen-bond donors (Lipinski definition) is 0. The smallest absolute Gasteiger partial charge is 0.264 e. The molecular weight excluding hydrogens is 529 g/mol. The van der Waals surface area contributed by atoms with E-state index in [0.717, 1.165) is 37.5 Å². The molecule has 0 aromatic carbocycles. The third kappa shape index (κ3) is 8.62. The van der Waals surface area contributed by atoms with Gasteiger partial charge in [0.1, 0.15) is 6.10 Å². The van der Waals surface area contributed by atoms with E-state index in [0.29, 0.717) is 5.92 Å². The molecule has 0 bridgehead atoms. The maximum Gasteiger partial charge on any atom is 0.264 e. The summed E-state index contributed by atoms with van der Waals surface area (Å²) in [5, 5.41) is 0.235. The predicted octanol–water partition coefficient (Wildman–Crippen LogP) is 8.32. The maximum absolute atomic E-state index is 12.1. The third-order valence-electron chi connectivity index (χ3n) is 9.63. The van der Waals surface area contributed by atoms with E-state index in [1.807, 2.05) is 0 Å². The Labute approximate surface area is 237 Å². The molecule has 0 aliphatic heterocycles. The lowest BCUT2D eigenvalue weighted by molar-refractivity contribution is 0.139. The Kier molecular flexibility index (Phi) is 10.7. The highest BCUT2D eigenvalue weighted by Crippen LogP contribution is 2.54. The van der Waals surface area contributed by atoms with Crippen molar-refractivity contribution < 1.29 is 21.5 Å². The topological polar surface area (TPSA) is 61.8 Å². The van der Waals surface area contributed by atoms with Gasteiger partial charge in [-0.25, -0.2) is 0 Å². The quantitative estimate of drug-likeness (QED) is 0.138. The fourth-order valence-corrected chi connectivity index (χ4v) is 8.62. The largest absolute Gasteiger partial charge is 0.413 e.